The van der Waals surface area contributed by atoms with Crippen LogP contribution in [0.1, 0.15) is 24.3 Å². The number of halogens is 3. The maximum Gasteiger partial charge on any atom is 0.273 e. The average Bonchev–Trinajstić information content (AvgIpc) is 3.07. The number of methoxy groups -OCH3 is 1. The molecule has 1 amide bonds. The molecule has 0 saturated carbocycles. The molecule has 0 N–H and O–H groups in total. The zero-order chi connectivity index (χ0) is 19.0. The molecule has 1 aliphatic rings. The second-order valence-electron chi connectivity index (χ2n) is 6.11. The summed E-state index contributed by atoms with van der Waals surface area (Å²) < 4.78 is 55.9. The highest BCUT2D eigenvalue weighted by Gasteiger charge is 2.29. The minimum atomic E-state index is -1.40. The van der Waals surface area contributed by atoms with Gasteiger partial charge < -0.3 is 14.4 Å². The molecule has 5 nitrogen and oxygen atoms in total. The fourth-order valence-electron chi connectivity index (χ4n) is 2.95. The molecular weight excluding hydrogens is 369 g/mol. The SMILES string of the molecule is COc1c(F)c(F)cc(-c2cc(C(=O)N3C[C@@H](C)O[C@@H](C)C3)ns2)c1F. The Morgan fingerprint density at radius 1 is 1.23 bits per heavy atom. The number of carbonyl (C=O) groups excluding carboxylic acids is 1. The highest BCUT2D eigenvalue weighted by atomic mass is 32.1. The third-order valence-corrected chi connectivity index (χ3v) is 4.84. The maximum absolute atomic E-state index is 14.4. The summed E-state index contributed by atoms with van der Waals surface area (Å²) in [5.41, 5.74) is -0.0876. The van der Waals surface area contributed by atoms with E-state index >= 15 is 0 Å². The average molecular weight is 386 g/mol. The van der Waals surface area contributed by atoms with E-state index in [1.165, 1.54) is 6.07 Å². The Bertz CT molecular complexity index is 833. The maximum atomic E-state index is 14.4. The normalized spacial score (nSPS) is 20.3. The predicted molar refractivity (Wildman–Crippen MR) is 89.9 cm³/mol. The highest BCUT2D eigenvalue weighted by molar-refractivity contribution is 7.09. The number of benzene rings is 1. The van der Waals surface area contributed by atoms with Gasteiger partial charge in [-0.2, -0.15) is 8.76 Å². The molecular formula is C17H17F3N2O3S. The number of hydrogen-bond acceptors (Lipinski definition) is 5. The molecule has 0 bridgehead atoms. The van der Waals surface area contributed by atoms with Crippen LogP contribution in [0.15, 0.2) is 12.1 Å². The minimum absolute atomic E-state index is 0.103. The number of rotatable bonds is 3. The summed E-state index contributed by atoms with van der Waals surface area (Å²) >= 11 is 0.831. The van der Waals surface area contributed by atoms with Crippen molar-refractivity contribution in [2.45, 2.75) is 26.1 Å². The number of amides is 1. The largest absolute Gasteiger partial charge is 0.491 e. The Kier molecular flexibility index (Phi) is 5.19. The third-order valence-electron chi connectivity index (χ3n) is 4.02. The van der Waals surface area contributed by atoms with Gasteiger partial charge in [-0.15, -0.1) is 0 Å². The number of nitrogens with zero attached hydrogens (tertiary/aromatic N) is 2. The Hall–Kier alpha value is -2.13. The summed E-state index contributed by atoms with van der Waals surface area (Å²) in [5, 5.41) is 0. The van der Waals surface area contributed by atoms with Crippen LogP contribution < -0.4 is 4.74 Å². The molecule has 1 fully saturated rings. The number of aromatic nitrogens is 1. The first-order chi connectivity index (χ1) is 12.3. The Morgan fingerprint density at radius 2 is 1.88 bits per heavy atom. The van der Waals surface area contributed by atoms with E-state index in [1.54, 1.807) is 4.90 Å². The molecule has 26 heavy (non-hydrogen) atoms. The molecule has 2 aromatic rings. The molecule has 9 heteroatoms. The third kappa shape index (κ3) is 3.41. The van der Waals surface area contributed by atoms with Crippen LogP contribution in [-0.2, 0) is 4.74 Å². The van der Waals surface area contributed by atoms with Crippen LogP contribution in [0.5, 0.6) is 5.75 Å². The van der Waals surface area contributed by atoms with Gasteiger partial charge in [0.1, 0.15) is 5.69 Å². The van der Waals surface area contributed by atoms with Gasteiger partial charge in [-0.1, -0.05) is 0 Å². The van der Waals surface area contributed by atoms with E-state index in [9.17, 15) is 18.0 Å². The molecule has 1 aromatic heterocycles. The van der Waals surface area contributed by atoms with Gasteiger partial charge in [0.2, 0.25) is 5.82 Å². The van der Waals surface area contributed by atoms with Crippen LogP contribution in [0.3, 0.4) is 0 Å². The summed E-state index contributed by atoms with van der Waals surface area (Å²) in [6.45, 7) is 4.57. The first kappa shape index (κ1) is 18.7. The zero-order valence-corrected chi connectivity index (χ0v) is 15.2. The molecule has 0 radical (unpaired) electrons. The number of carbonyl (C=O) groups is 1. The summed E-state index contributed by atoms with van der Waals surface area (Å²) in [6, 6.07) is 2.10. The summed E-state index contributed by atoms with van der Waals surface area (Å²) in [7, 11) is 1.05. The molecule has 1 aliphatic heterocycles. The predicted octanol–water partition coefficient (Wildman–Crippen LogP) is 3.49. The van der Waals surface area contributed by atoms with Crippen LogP contribution in [0.25, 0.3) is 10.4 Å². The molecule has 3 rings (SSSR count). The van der Waals surface area contributed by atoms with E-state index in [-0.39, 0.29) is 34.2 Å². The van der Waals surface area contributed by atoms with Gasteiger partial charge in [-0.25, -0.2) is 8.78 Å². The second-order valence-corrected chi connectivity index (χ2v) is 6.92. The van der Waals surface area contributed by atoms with Crippen molar-refractivity contribution in [2.24, 2.45) is 0 Å². The molecule has 2 heterocycles. The van der Waals surface area contributed by atoms with Gasteiger partial charge in [-0.05, 0) is 37.5 Å². The second kappa shape index (κ2) is 7.24. The number of morpholine rings is 1. The van der Waals surface area contributed by atoms with E-state index in [0.717, 1.165) is 24.7 Å². The van der Waals surface area contributed by atoms with Gasteiger partial charge >= 0.3 is 0 Å². The van der Waals surface area contributed by atoms with Crippen LogP contribution in [0.2, 0.25) is 0 Å². The monoisotopic (exact) mass is 386 g/mol. The molecule has 0 unspecified atom stereocenters. The summed E-state index contributed by atoms with van der Waals surface area (Å²) in [6.07, 6.45) is -0.206. The van der Waals surface area contributed by atoms with Crippen molar-refractivity contribution in [3.8, 4) is 16.2 Å². The van der Waals surface area contributed by atoms with Crippen LogP contribution in [0.4, 0.5) is 13.2 Å². The fourth-order valence-corrected chi connectivity index (χ4v) is 3.69. The molecule has 1 aromatic carbocycles. The fraction of sp³-hybridized carbons (Fsp3) is 0.412. The van der Waals surface area contributed by atoms with Crippen LogP contribution in [-0.4, -0.2) is 47.6 Å². The van der Waals surface area contributed by atoms with Crippen molar-refractivity contribution >= 4 is 17.4 Å². The highest BCUT2D eigenvalue weighted by Crippen LogP contribution is 2.35. The lowest BCUT2D eigenvalue weighted by atomic mass is 10.1. The van der Waals surface area contributed by atoms with Crippen molar-refractivity contribution < 1.29 is 27.4 Å². The van der Waals surface area contributed by atoms with E-state index in [1.807, 2.05) is 13.8 Å². The molecule has 0 spiro atoms. The lowest BCUT2D eigenvalue weighted by Gasteiger charge is -2.34. The van der Waals surface area contributed by atoms with Crippen molar-refractivity contribution in [3.05, 3.63) is 35.3 Å². The van der Waals surface area contributed by atoms with Crippen molar-refractivity contribution in [1.29, 1.82) is 0 Å². The zero-order valence-electron chi connectivity index (χ0n) is 14.4. The Morgan fingerprint density at radius 3 is 2.50 bits per heavy atom. The Labute approximate surface area is 152 Å². The van der Waals surface area contributed by atoms with Gasteiger partial charge in [0.15, 0.2) is 17.4 Å². The molecule has 2 atom stereocenters. The molecule has 1 saturated heterocycles. The van der Waals surface area contributed by atoms with Crippen LogP contribution in [0, 0.1) is 17.5 Å². The van der Waals surface area contributed by atoms with Gasteiger partial charge in [0, 0.05) is 18.7 Å². The molecule has 0 aliphatic carbocycles. The van der Waals surface area contributed by atoms with Crippen molar-refractivity contribution in [1.82, 2.24) is 9.27 Å². The smallest absolute Gasteiger partial charge is 0.273 e. The molecule has 140 valence electrons. The first-order valence-corrected chi connectivity index (χ1v) is 8.72. The lowest BCUT2D eigenvalue weighted by Crippen LogP contribution is -2.48. The Balaban J connectivity index is 1.91. The minimum Gasteiger partial charge on any atom is -0.491 e. The van der Waals surface area contributed by atoms with E-state index in [2.05, 4.69) is 9.11 Å². The lowest BCUT2D eigenvalue weighted by molar-refractivity contribution is -0.0587. The summed E-state index contributed by atoms with van der Waals surface area (Å²) in [4.78, 5) is 14.4. The van der Waals surface area contributed by atoms with E-state index in [4.69, 9.17) is 4.74 Å². The van der Waals surface area contributed by atoms with Crippen molar-refractivity contribution in [2.75, 3.05) is 20.2 Å². The topological polar surface area (TPSA) is 51.7 Å². The van der Waals surface area contributed by atoms with Gasteiger partial charge in [0.05, 0.1) is 24.2 Å². The standard InChI is InChI=1S/C17H17F3N2O3S/c1-8-6-22(7-9(2)25-8)17(23)12-5-13(26-21-12)10-4-11(18)15(20)16(24-3)14(10)19/h4-5,8-9H,6-7H2,1-3H3/t8-,9+. The van der Waals surface area contributed by atoms with E-state index < -0.39 is 23.2 Å². The quantitative estimate of drug-likeness (QED) is 0.758. The van der Waals surface area contributed by atoms with Crippen molar-refractivity contribution in [3.63, 3.8) is 0 Å². The number of hydrogen-bond donors (Lipinski definition) is 0. The van der Waals surface area contributed by atoms with E-state index in [0.29, 0.717) is 13.1 Å². The van der Waals surface area contributed by atoms with Crippen LogP contribution >= 0.6 is 11.5 Å². The van der Waals surface area contributed by atoms with Gasteiger partial charge in [0.25, 0.3) is 5.91 Å². The summed E-state index contributed by atoms with van der Waals surface area (Å²) in [5.74, 6) is -4.80. The van der Waals surface area contributed by atoms with Gasteiger partial charge in [-0.3, -0.25) is 4.79 Å². The number of ether oxygens (including phenoxy) is 2. The first-order valence-electron chi connectivity index (χ1n) is 7.95.